The van der Waals surface area contributed by atoms with Gasteiger partial charge < -0.3 is 10.3 Å². The number of benzene rings is 1. The minimum Gasteiger partial charge on any atom is -0.331 e. The SMILES string of the molecule is Cn1c(CC(N)c2ncccc2F)nc2ccccc21. The highest BCUT2D eigenvalue weighted by atomic mass is 19.1. The second-order valence-electron chi connectivity index (χ2n) is 4.76. The molecular formula is C15H15FN4. The molecule has 0 aliphatic heterocycles. The standard InChI is InChI=1S/C15H15FN4/c1-20-13-7-3-2-6-12(13)19-14(20)9-11(17)15-10(16)5-4-8-18-15/h2-8,11H,9,17H2,1H3. The highest BCUT2D eigenvalue weighted by Gasteiger charge is 2.16. The molecule has 102 valence electrons. The zero-order valence-corrected chi connectivity index (χ0v) is 11.1. The van der Waals surface area contributed by atoms with Crippen molar-refractivity contribution in [2.75, 3.05) is 0 Å². The minimum atomic E-state index is -0.508. The van der Waals surface area contributed by atoms with Gasteiger partial charge in [0.15, 0.2) is 0 Å². The number of pyridine rings is 1. The molecule has 0 amide bonds. The van der Waals surface area contributed by atoms with Gasteiger partial charge in [0.1, 0.15) is 11.6 Å². The van der Waals surface area contributed by atoms with E-state index in [2.05, 4.69) is 9.97 Å². The van der Waals surface area contributed by atoms with Crippen LogP contribution >= 0.6 is 0 Å². The summed E-state index contributed by atoms with van der Waals surface area (Å²) in [5.41, 5.74) is 8.29. The Kier molecular flexibility index (Phi) is 3.20. The predicted molar refractivity (Wildman–Crippen MR) is 75.5 cm³/mol. The molecule has 0 saturated heterocycles. The normalized spacial score (nSPS) is 12.8. The number of halogens is 1. The van der Waals surface area contributed by atoms with Gasteiger partial charge in [-0.25, -0.2) is 9.37 Å². The maximum Gasteiger partial charge on any atom is 0.146 e. The third-order valence-corrected chi connectivity index (χ3v) is 3.42. The lowest BCUT2D eigenvalue weighted by Crippen LogP contribution is -2.18. The van der Waals surface area contributed by atoms with E-state index in [1.807, 2.05) is 35.9 Å². The van der Waals surface area contributed by atoms with Crippen LogP contribution in [0.4, 0.5) is 4.39 Å². The first-order valence-electron chi connectivity index (χ1n) is 6.43. The molecule has 2 N–H and O–H groups in total. The van der Waals surface area contributed by atoms with Crippen LogP contribution in [0.1, 0.15) is 17.6 Å². The van der Waals surface area contributed by atoms with Gasteiger partial charge in [-0.15, -0.1) is 0 Å². The maximum atomic E-state index is 13.7. The molecule has 0 radical (unpaired) electrons. The molecule has 0 aliphatic carbocycles. The molecule has 2 heterocycles. The fourth-order valence-corrected chi connectivity index (χ4v) is 2.34. The van der Waals surface area contributed by atoms with E-state index in [-0.39, 0.29) is 11.5 Å². The van der Waals surface area contributed by atoms with Crippen molar-refractivity contribution < 1.29 is 4.39 Å². The Balaban J connectivity index is 1.93. The van der Waals surface area contributed by atoms with E-state index in [9.17, 15) is 4.39 Å². The summed E-state index contributed by atoms with van der Waals surface area (Å²) in [4.78, 5) is 8.56. The lowest BCUT2D eigenvalue weighted by molar-refractivity contribution is 0.555. The highest BCUT2D eigenvalue weighted by molar-refractivity contribution is 5.75. The molecule has 1 unspecified atom stereocenters. The Morgan fingerprint density at radius 2 is 2.05 bits per heavy atom. The van der Waals surface area contributed by atoms with E-state index in [1.54, 1.807) is 12.3 Å². The number of fused-ring (bicyclic) bond motifs is 1. The number of nitrogens with two attached hydrogens (primary N) is 1. The Morgan fingerprint density at radius 3 is 2.80 bits per heavy atom. The monoisotopic (exact) mass is 270 g/mol. The van der Waals surface area contributed by atoms with Crippen molar-refractivity contribution in [3.05, 3.63) is 59.9 Å². The predicted octanol–water partition coefficient (Wildman–Crippen LogP) is 2.35. The van der Waals surface area contributed by atoms with Crippen LogP contribution < -0.4 is 5.73 Å². The van der Waals surface area contributed by atoms with E-state index in [0.717, 1.165) is 16.9 Å². The van der Waals surface area contributed by atoms with Crippen molar-refractivity contribution in [2.24, 2.45) is 12.8 Å². The average Bonchev–Trinajstić information content (AvgIpc) is 2.76. The van der Waals surface area contributed by atoms with Crippen molar-refractivity contribution in [1.29, 1.82) is 0 Å². The van der Waals surface area contributed by atoms with Gasteiger partial charge >= 0.3 is 0 Å². The zero-order valence-electron chi connectivity index (χ0n) is 11.1. The molecule has 3 aromatic rings. The fourth-order valence-electron chi connectivity index (χ4n) is 2.34. The van der Waals surface area contributed by atoms with Crippen LogP contribution in [0.5, 0.6) is 0 Å². The number of aryl methyl sites for hydroxylation is 1. The van der Waals surface area contributed by atoms with Crippen molar-refractivity contribution >= 4 is 11.0 Å². The third-order valence-electron chi connectivity index (χ3n) is 3.42. The van der Waals surface area contributed by atoms with Crippen LogP contribution in [0.3, 0.4) is 0 Å². The molecule has 0 spiro atoms. The summed E-state index contributed by atoms with van der Waals surface area (Å²) in [6.07, 6.45) is 1.99. The molecule has 2 aromatic heterocycles. The molecule has 20 heavy (non-hydrogen) atoms. The number of para-hydroxylation sites is 2. The first kappa shape index (κ1) is 12.7. The second-order valence-corrected chi connectivity index (χ2v) is 4.76. The van der Waals surface area contributed by atoms with Gasteiger partial charge in [-0.05, 0) is 24.3 Å². The van der Waals surface area contributed by atoms with Crippen LogP contribution in [-0.4, -0.2) is 14.5 Å². The largest absolute Gasteiger partial charge is 0.331 e. The van der Waals surface area contributed by atoms with E-state index in [0.29, 0.717) is 6.42 Å². The summed E-state index contributed by atoms with van der Waals surface area (Å²) >= 11 is 0. The molecule has 4 nitrogen and oxygen atoms in total. The van der Waals surface area contributed by atoms with Crippen LogP contribution in [0.25, 0.3) is 11.0 Å². The van der Waals surface area contributed by atoms with Gasteiger partial charge in [0, 0.05) is 19.7 Å². The van der Waals surface area contributed by atoms with Gasteiger partial charge in [0.25, 0.3) is 0 Å². The summed E-state index contributed by atoms with van der Waals surface area (Å²) in [6, 6.07) is 10.3. The smallest absolute Gasteiger partial charge is 0.146 e. The highest BCUT2D eigenvalue weighted by Crippen LogP contribution is 2.20. The molecule has 0 fully saturated rings. The van der Waals surface area contributed by atoms with Gasteiger partial charge in [0.05, 0.1) is 22.8 Å². The molecule has 1 aromatic carbocycles. The molecule has 5 heteroatoms. The van der Waals surface area contributed by atoms with Crippen molar-refractivity contribution in [3.63, 3.8) is 0 Å². The third kappa shape index (κ3) is 2.16. The summed E-state index contributed by atoms with van der Waals surface area (Å²) in [5, 5.41) is 0. The van der Waals surface area contributed by atoms with Crippen molar-refractivity contribution in [1.82, 2.24) is 14.5 Å². The molecule has 0 aliphatic rings. The summed E-state index contributed by atoms with van der Waals surface area (Å²) in [5.74, 6) is 0.447. The number of imidazole rings is 1. The minimum absolute atomic E-state index is 0.277. The lowest BCUT2D eigenvalue weighted by Gasteiger charge is -2.11. The maximum absolute atomic E-state index is 13.7. The number of hydrogen-bond acceptors (Lipinski definition) is 3. The van der Waals surface area contributed by atoms with Gasteiger partial charge in [0.2, 0.25) is 0 Å². The Bertz CT molecular complexity index is 750. The lowest BCUT2D eigenvalue weighted by atomic mass is 10.1. The molecule has 0 saturated carbocycles. The molecular weight excluding hydrogens is 255 g/mol. The summed E-state index contributed by atoms with van der Waals surface area (Å²) < 4.78 is 15.7. The van der Waals surface area contributed by atoms with Crippen LogP contribution in [0.2, 0.25) is 0 Å². The van der Waals surface area contributed by atoms with E-state index >= 15 is 0 Å². The Labute approximate surface area is 116 Å². The molecule has 0 bridgehead atoms. The van der Waals surface area contributed by atoms with Crippen LogP contribution in [-0.2, 0) is 13.5 Å². The number of hydrogen-bond donors (Lipinski definition) is 1. The first-order valence-corrected chi connectivity index (χ1v) is 6.43. The summed E-state index contributed by atoms with van der Waals surface area (Å²) in [6.45, 7) is 0. The van der Waals surface area contributed by atoms with Crippen LogP contribution in [0.15, 0.2) is 42.6 Å². The van der Waals surface area contributed by atoms with Crippen molar-refractivity contribution in [3.8, 4) is 0 Å². The average molecular weight is 270 g/mol. The van der Waals surface area contributed by atoms with Gasteiger partial charge in [-0.3, -0.25) is 4.98 Å². The van der Waals surface area contributed by atoms with Gasteiger partial charge in [-0.2, -0.15) is 0 Å². The molecule has 3 rings (SSSR count). The molecule has 1 atom stereocenters. The quantitative estimate of drug-likeness (QED) is 0.794. The summed E-state index contributed by atoms with van der Waals surface area (Å²) in [7, 11) is 1.94. The second kappa shape index (κ2) is 5.02. The Morgan fingerprint density at radius 1 is 1.25 bits per heavy atom. The number of rotatable bonds is 3. The van der Waals surface area contributed by atoms with Crippen molar-refractivity contribution in [2.45, 2.75) is 12.5 Å². The Hall–Kier alpha value is -2.27. The van der Waals surface area contributed by atoms with Gasteiger partial charge in [-0.1, -0.05) is 12.1 Å². The first-order chi connectivity index (χ1) is 9.66. The zero-order chi connectivity index (χ0) is 14.1. The van der Waals surface area contributed by atoms with E-state index < -0.39 is 6.04 Å². The van der Waals surface area contributed by atoms with E-state index in [4.69, 9.17) is 5.73 Å². The number of nitrogens with zero attached hydrogens (tertiary/aromatic N) is 3. The number of aromatic nitrogens is 3. The van der Waals surface area contributed by atoms with Crippen LogP contribution in [0, 0.1) is 5.82 Å². The fraction of sp³-hybridized carbons (Fsp3) is 0.200. The topological polar surface area (TPSA) is 56.7 Å². The van der Waals surface area contributed by atoms with E-state index in [1.165, 1.54) is 6.07 Å².